The summed E-state index contributed by atoms with van der Waals surface area (Å²) >= 11 is 4.95. The zero-order valence-corrected chi connectivity index (χ0v) is 11.0. The number of unbranched alkanes of at least 4 members (excludes halogenated alkanes) is 2. The van der Waals surface area contributed by atoms with E-state index in [-0.39, 0.29) is 16.7 Å². The highest BCUT2D eigenvalue weighted by Crippen LogP contribution is 2.08. The number of nitrogens with one attached hydrogen (secondary N) is 1. The fourth-order valence-corrected chi connectivity index (χ4v) is 2.80. The van der Waals surface area contributed by atoms with Crippen LogP contribution in [0.4, 0.5) is 0 Å². The minimum absolute atomic E-state index is 0.0332. The molecule has 92 valence electrons. The summed E-state index contributed by atoms with van der Waals surface area (Å²) in [4.78, 5) is 0. The zero-order chi connectivity index (χ0) is 12.0. The maximum absolute atomic E-state index is 11.1. The van der Waals surface area contributed by atoms with Gasteiger partial charge < -0.3 is 10.1 Å². The molecule has 0 atom stereocenters. The van der Waals surface area contributed by atoms with Crippen molar-refractivity contribution in [3.8, 4) is 0 Å². The molecule has 1 aliphatic rings. The molecule has 0 aromatic heterocycles. The maximum atomic E-state index is 11.1. The van der Waals surface area contributed by atoms with Crippen LogP contribution in [0, 0.1) is 0 Å². The van der Waals surface area contributed by atoms with Crippen molar-refractivity contribution in [2.45, 2.75) is 26.2 Å². The Balaban J connectivity index is 2.20. The maximum Gasteiger partial charge on any atom is 0.260 e. The summed E-state index contributed by atoms with van der Waals surface area (Å²) in [5, 5.41) is 3.07. The molecular weight excluding hydrogens is 246 g/mol. The third-order valence-corrected chi connectivity index (χ3v) is 3.85. The lowest BCUT2D eigenvalue weighted by molar-refractivity contribution is 0.291. The molecule has 4 nitrogen and oxygen atoms in total. The third-order valence-electron chi connectivity index (χ3n) is 2.20. The van der Waals surface area contributed by atoms with Gasteiger partial charge in [-0.1, -0.05) is 19.8 Å². The summed E-state index contributed by atoms with van der Waals surface area (Å²) in [5.74, 6) is 0.124. The van der Waals surface area contributed by atoms with Gasteiger partial charge in [0.15, 0.2) is 9.84 Å². The van der Waals surface area contributed by atoms with Crippen LogP contribution in [0.3, 0.4) is 0 Å². The Morgan fingerprint density at radius 1 is 1.56 bits per heavy atom. The Morgan fingerprint density at radius 2 is 2.31 bits per heavy atom. The van der Waals surface area contributed by atoms with Crippen molar-refractivity contribution < 1.29 is 13.2 Å². The second kappa shape index (κ2) is 6.20. The van der Waals surface area contributed by atoms with Crippen LogP contribution in [0.5, 0.6) is 0 Å². The molecule has 1 heterocycles. The first kappa shape index (κ1) is 13.4. The average molecular weight is 263 g/mol. The molecule has 0 saturated carbocycles. The number of hydrogen-bond acceptors (Lipinski definition) is 4. The van der Waals surface area contributed by atoms with Crippen molar-refractivity contribution in [2.75, 3.05) is 18.1 Å². The fraction of sp³-hybridized carbons (Fsp3) is 0.700. The average Bonchev–Trinajstić information content (AvgIpc) is 2.53. The topological polar surface area (TPSA) is 55.4 Å². The predicted octanol–water partition coefficient (Wildman–Crippen LogP) is 1.38. The van der Waals surface area contributed by atoms with Gasteiger partial charge in [-0.3, -0.25) is 0 Å². The first-order valence-electron chi connectivity index (χ1n) is 5.37. The largest absolute Gasteiger partial charge is 0.471 e. The lowest BCUT2D eigenvalue weighted by Gasteiger charge is -2.09. The zero-order valence-electron chi connectivity index (χ0n) is 9.36. The van der Waals surface area contributed by atoms with E-state index < -0.39 is 9.84 Å². The first-order valence-corrected chi connectivity index (χ1v) is 7.59. The van der Waals surface area contributed by atoms with Crippen LogP contribution in [0.2, 0.25) is 0 Å². The normalized spacial score (nSPS) is 17.9. The third kappa shape index (κ3) is 4.94. The Kier molecular flexibility index (Phi) is 5.21. The molecule has 0 saturated heterocycles. The molecule has 0 aliphatic carbocycles. The van der Waals surface area contributed by atoms with Gasteiger partial charge in [0.2, 0.25) is 0 Å². The molecule has 0 fully saturated rings. The number of rotatable bonds is 5. The van der Waals surface area contributed by atoms with E-state index in [4.69, 9.17) is 17.0 Å². The summed E-state index contributed by atoms with van der Waals surface area (Å²) in [6.07, 6.45) is 4.85. The summed E-state index contributed by atoms with van der Waals surface area (Å²) in [7, 11) is -2.94. The second-order valence-electron chi connectivity index (χ2n) is 3.75. The molecule has 0 radical (unpaired) electrons. The molecule has 1 rings (SSSR count). The van der Waals surface area contributed by atoms with Crippen LogP contribution in [-0.4, -0.2) is 31.7 Å². The highest BCUT2D eigenvalue weighted by Gasteiger charge is 2.20. The summed E-state index contributed by atoms with van der Waals surface area (Å²) < 4.78 is 27.5. The highest BCUT2D eigenvalue weighted by atomic mass is 32.2. The van der Waals surface area contributed by atoms with Gasteiger partial charge in [-0.05, 0) is 24.7 Å². The highest BCUT2D eigenvalue weighted by molar-refractivity contribution is 7.92. The number of thiocarbonyl (C=S) groups is 1. The van der Waals surface area contributed by atoms with Crippen molar-refractivity contribution in [1.82, 2.24) is 5.32 Å². The molecule has 0 spiro atoms. The van der Waals surface area contributed by atoms with E-state index >= 15 is 0 Å². The van der Waals surface area contributed by atoms with E-state index in [1.54, 1.807) is 6.08 Å². The van der Waals surface area contributed by atoms with Crippen LogP contribution in [0.15, 0.2) is 11.8 Å². The van der Waals surface area contributed by atoms with Gasteiger partial charge in [0, 0.05) is 5.70 Å². The quantitative estimate of drug-likeness (QED) is 0.600. The van der Waals surface area contributed by atoms with E-state index in [2.05, 4.69) is 12.2 Å². The van der Waals surface area contributed by atoms with Crippen LogP contribution in [0.1, 0.15) is 26.2 Å². The Labute approximate surface area is 102 Å². The second-order valence-corrected chi connectivity index (χ2v) is 6.23. The number of hydrogen-bond donors (Lipinski definition) is 1. The van der Waals surface area contributed by atoms with Crippen molar-refractivity contribution >= 4 is 27.2 Å². The molecule has 1 aliphatic heterocycles. The van der Waals surface area contributed by atoms with Crippen molar-refractivity contribution in [3.05, 3.63) is 11.8 Å². The van der Waals surface area contributed by atoms with E-state index in [1.807, 2.05) is 0 Å². The summed E-state index contributed by atoms with van der Waals surface area (Å²) in [5.41, 5.74) is 0.625. The molecule has 16 heavy (non-hydrogen) atoms. The predicted molar refractivity (Wildman–Crippen MR) is 67.9 cm³/mol. The smallest absolute Gasteiger partial charge is 0.260 e. The van der Waals surface area contributed by atoms with Crippen molar-refractivity contribution in [3.63, 3.8) is 0 Å². The standard InChI is InChI=1S/C10H17NO3S2/c1-2-3-4-6-14-10(15)11-9-5-7-16(12,13)8-9/h5H,2-4,6-8H2,1H3,(H,11,15). The van der Waals surface area contributed by atoms with Crippen LogP contribution >= 0.6 is 12.2 Å². The summed E-state index contributed by atoms with van der Waals surface area (Å²) in [6.45, 7) is 2.70. The SMILES string of the molecule is CCCCCOC(=S)NC1=CCS(=O)(=O)C1. The lowest BCUT2D eigenvalue weighted by atomic mass is 10.3. The fourth-order valence-electron chi connectivity index (χ4n) is 1.35. The molecule has 0 unspecified atom stereocenters. The lowest BCUT2D eigenvalue weighted by Crippen LogP contribution is -2.25. The van der Waals surface area contributed by atoms with E-state index in [9.17, 15) is 8.42 Å². The van der Waals surface area contributed by atoms with Gasteiger partial charge in [-0.25, -0.2) is 8.42 Å². The monoisotopic (exact) mass is 263 g/mol. The summed E-state index contributed by atoms with van der Waals surface area (Å²) in [6, 6.07) is 0. The first-order chi connectivity index (χ1) is 7.53. The molecule has 0 aromatic rings. The Bertz CT molecular complexity index is 374. The van der Waals surface area contributed by atoms with Crippen LogP contribution in [-0.2, 0) is 14.6 Å². The van der Waals surface area contributed by atoms with E-state index in [0.717, 1.165) is 19.3 Å². The minimum atomic E-state index is -2.94. The van der Waals surface area contributed by atoms with E-state index in [1.165, 1.54) is 0 Å². The Hall–Kier alpha value is -0.620. The molecule has 0 aromatic carbocycles. The van der Waals surface area contributed by atoms with Gasteiger partial charge in [-0.2, -0.15) is 0 Å². The molecule has 6 heteroatoms. The number of ether oxygens (including phenoxy) is 1. The van der Waals surface area contributed by atoms with Gasteiger partial charge in [0.25, 0.3) is 5.17 Å². The van der Waals surface area contributed by atoms with Crippen molar-refractivity contribution in [2.24, 2.45) is 0 Å². The number of sulfone groups is 1. The molecule has 0 amide bonds. The van der Waals surface area contributed by atoms with Gasteiger partial charge in [-0.15, -0.1) is 0 Å². The van der Waals surface area contributed by atoms with E-state index in [0.29, 0.717) is 12.3 Å². The van der Waals surface area contributed by atoms with Gasteiger partial charge >= 0.3 is 0 Å². The van der Waals surface area contributed by atoms with Crippen molar-refractivity contribution in [1.29, 1.82) is 0 Å². The van der Waals surface area contributed by atoms with Gasteiger partial charge in [0.05, 0.1) is 18.1 Å². The molecular formula is C10H17NO3S2. The molecule has 0 bridgehead atoms. The van der Waals surface area contributed by atoms with Crippen LogP contribution in [0.25, 0.3) is 0 Å². The van der Waals surface area contributed by atoms with Crippen LogP contribution < -0.4 is 5.32 Å². The molecule has 1 N–H and O–H groups in total. The van der Waals surface area contributed by atoms with Gasteiger partial charge in [0.1, 0.15) is 0 Å². The minimum Gasteiger partial charge on any atom is -0.471 e. The Morgan fingerprint density at radius 3 is 2.88 bits per heavy atom.